The third kappa shape index (κ3) is 8.60. The lowest BCUT2D eigenvalue weighted by atomic mass is 10.2. The second-order valence-corrected chi connectivity index (χ2v) is 12.0. The molecule has 0 fully saturated rings. The molecule has 0 nitrogen and oxygen atoms in total. The fourth-order valence-electron chi connectivity index (χ4n) is 0. The molecule has 12 heavy (non-hydrogen) atoms. The highest BCUT2D eigenvalue weighted by atomic mass is 35.6. The zero-order chi connectivity index (χ0) is 10.4. The second-order valence-electron chi connectivity index (χ2n) is 4.72. The van der Waals surface area contributed by atoms with Crippen LogP contribution in [0.1, 0.15) is 47.5 Å². The molecule has 0 unspecified atom stereocenters. The Bertz CT molecular complexity index is 83.4. The first-order chi connectivity index (χ1) is 5.16. The first-order valence-electron chi connectivity index (χ1n) is 4.85. The molecular formula is C10H25ClSi. The van der Waals surface area contributed by atoms with Crippen LogP contribution in [0.25, 0.3) is 0 Å². The van der Waals surface area contributed by atoms with Gasteiger partial charge in [-0.25, -0.2) is 0 Å². The standard InChI is InChI=1S/C6H15ClSi.C4H10/c1-6(2,3)8(4,5)7;1-3-4-2/h1-5H3;3-4H2,1-2H3. The maximum absolute atomic E-state index is 6.15. The largest absolute Gasteiger partial charge is 0.167 e. The quantitative estimate of drug-likeness (QED) is 0.419. The van der Waals surface area contributed by atoms with E-state index in [1.807, 2.05) is 0 Å². The van der Waals surface area contributed by atoms with Crippen LogP contribution in [0.5, 0.6) is 0 Å². The number of unbranched alkanes of at least 4 members (excludes halogenated alkanes) is 1. The van der Waals surface area contributed by atoms with Crippen molar-refractivity contribution in [2.75, 3.05) is 0 Å². The average molecular weight is 209 g/mol. The Balaban J connectivity index is 0. The minimum Gasteiger partial charge on any atom is -0.167 e. The summed E-state index contributed by atoms with van der Waals surface area (Å²) in [5.41, 5.74) is 0. The molecule has 0 aliphatic heterocycles. The van der Waals surface area contributed by atoms with Crippen LogP contribution in [0.15, 0.2) is 0 Å². The smallest absolute Gasteiger partial charge is 0.155 e. The molecule has 0 saturated carbocycles. The lowest BCUT2D eigenvalue weighted by molar-refractivity contribution is 0.735. The van der Waals surface area contributed by atoms with Crippen LogP contribution in [0.3, 0.4) is 0 Å². The normalized spacial score (nSPS) is 12.0. The van der Waals surface area contributed by atoms with Crippen molar-refractivity contribution in [1.82, 2.24) is 0 Å². The number of halogens is 1. The first kappa shape index (κ1) is 15.0. The molecule has 0 heterocycles. The van der Waals surface area contributed by atoms with Crippen molar-refractivity contribution < 1.29 is 0 Å². The highest BCUT2D eigenvalue weighted by molar-refractivity contribution is 7.20. The van der Waals surface area contributed by atoms with E-state index in [1.165, 1.54) is 12.8 Å². The highest BCUT2D eigenvalue weighted by Gasteiger charge is 2.32. The van der Waals surface area contributed by atoms with Gasteiger partial charge in [-0.15, -0.1) is 0 Å². The van der Waals surface area contributed by atoms with Crippen LogP contribution < -0.4 is 0 Å². The van der Waals surface area contributed by atoms with Crippen LogP contribution in [-0.4, -0.2) is 7.38 Å². The highest BCUT2D eigenvalue weighted by Crippen LogP contribution is 2.38. The zero-order valence-electron chi connectivity index (χ0n) is 9.79. The molecule has 0 atom stereocenters. The Morgan fingerprint density at radius 1 is 1.00 bits per heavy atom. The van der Waals surface area contributed by atoms with Crippen molar-refractivity contribution in [1.29, 1.82) is 0 Å². The van der Waals surface area contributed by atoms with Crippen LogP contribution in [-0.2, 0) is 0 Å². The molecule has 76 valence electrons. The van der Waals surface area contributed by atoms with Gasteiger partial charge in [-0.2, -0.15) is 11.1 Å². The third-order valence-electron chi connectivity index (χ3n) is 2.28. The fourth-order valence-corrected chi connectivity index (χ4v) is 0. The Hall–Kier alpha value is 0.507. The minimum absolute atomic E-state index is 0.342. The van der Waals surface area contributed by atoms with E-state index in [2.05, 4.69) is 47.7 Å². The van der Waals surface area contributed by atoms with Gasteiger partial charge in [0, 0.05) is 0 Å². The van der Waals surface area contributed by atoms with E-state index < -0.39 is 7.38 Å². The van der Waals surface area contributed by atoms with Crippen LogP contribution >= 0.6 is 11.1 Å². The first-order valence-corrected chi connectivity index (χ1v) is 8.87. The zero-order valence-corrected chi connectivity index (χ0v) is 11.5. The van der Waals surface area contributed by atoms with E-state index in [-0.39, 0.29) is 0 Å². The van der Waals surface area contributed by atoms with Gasteiger partial charge in [-0.1, -0.05) is 60.6 Å². The van der Waals surface area contributed by atoms with Crippen molar-refractivity contribution in [3.63, 3.8) is 0 Å². The summed E-state index contributed by atoms with van der Waals surface area (Å²) in [6.07, 6.45) is 2.64. The molecule has 0 N–H and O–H groups in total. The maximum atomic E-state index is 6.15. The van der Waals surface area contributed by atoms with E-state index in [0.29, 0.717) is 5.04 Å². The summed E-state index contributed by atoms with van der Waals surface area (Å²) in [4.78, 5) is 0. The van der Waals surface area contributed by atoms with Gasteiger partial charge in [0.1, 0.15) is 0 Å². The summed E-state index contributed by atoms with van der Waals surface area (Å²) in [5.74, 6) is 0. The molecule has 0 aromatic carbocycles. The predicted octanol–water partition coefficient (Wildman–Crippen LogP) is 5.04. The van der Waals surface area contributed by atoms with Crippen LogP contribution in [0.4, 0.5) is 0 Å². The van der Waals surface area contributed by atoms with E-state index in [1.54, 1.807) is 0 Å². The van der Waals surface area contributed by atoms with Crippen LogP contribution in [0, 0.1) is 0 Å². The third-order valence-corrected chi connectivity index (χ3v) is 7.55. The number of rotatable bonds is 1. The lowest BCUT2D eigenvalue weighted by Crippen LogP contribution is -2.29. The number of hydrogen-bond donors (Lipinski definition) is 0. The summed E-state index contributed by atoms with van der Waals surface area (Å²) >= 11 is 6.15. The Labute approximate surface area is 84.4 Å². The Morgan fingerprint density at radius 3 is 1.17 bits per heavy atom. The Kier molecular flexibility index (Phi) is 7.55. The SMILES string of the molecule is CC(C)(C)[Si](C)(C)Cl.CCCC. The summed E-state index contributed by atoms with van der Waals surface area (Å²) < 4.78 is 0. The van der Waals surface area contributed by atoms with Gasteiger partial charge in [0.25, 0.3) is 0 Å². The van der Waals surface area contributed by atoms with E-state index in [0.717, 1.165) is 0 Å². The van der Waals surface area contributed by atoms with Gasteiger partial charge in [0.05, 0.1) is 0 Å². The molecule has 0 rings (SSSR count). The maximum Gasteiger partial charge on any atom is 0.155 e. The van der Waals surface area contributed by atoms with Crippen molar-refractivity contribution in [2.45, 2.75) is 65.6 Å². The van der Waals surface area contributed by atoms with Gasteiger partial charge < -0.3 is 0 Å². The van der Waals surface area contributed by atoms with E-state index in [4.69, 9.17) is 11.1 Å². The summed E-state index contributed by atoms with van der Waals surface area (Å²) in [6.45, 7) is 15.3. The molecular weight excluding hydrogens is 184 g/mol. The van der Waals surface area contributed by atoms with Gasteiger partial charge in [-0.05, 0) is 5.04 Å². The van der Waals surface area contributed by atoms with Crippen LogP contribution in [0.2, 0.25) is 18.1 Å². The molecule has 0 bridgehead atoms. The number of hydrogen-bond acceptors (Lipinski definition) is 0. The molecule has 0 radical (unpaired) electrons. The fraction of sp³-hybridized carbons (Fsp3) is 1.00. The van der Waals surface area contributed by atoms with E-state index in [9.17, 15) is 0 Å². The minimum atomic E-state index is -1.39. The van der Waals surface area contributed by atoms with Crippen molar-refractivity contribution in [3.05, 3.63) is 0 Å². The molecule has 0 aromatic heterocycles. The Morgan fingerprint density at radius 2 is 1.17 bits per heavy atom. The molecule has 0 saturated heterocycles. The van der Waals surface area contributed by atoms with Gasteiger partial charge in [0.2, 0.25) is 0 Å². The second kappa shape index (κ2) is 6.04. The van der Waals surface area contributed by atoms with Gasteiger partial charge in [0.15, 0.2) is 7.38 Å². The van der Waals surface area contributed by atoms with Crippen molar-refractivity contribution in [3.8, 4) is 0 Å². The average Bonchev–Trinajstić information content (AvgIpc) is 1.84. The van der Waals surface area contributed by atoms with E-state index >= 15 is 0 Å². The molecule has 0 aliphatic carbocycles. The van der Waals surface area contributed by atoms with Crippen molar-refractivity contribution in [2.24, 2.45) is 0 Å². The van der Waals surface area contributed by atoms with Gasteiger partial charge >= 0.3 is 0 Å². The molecule has 0 aliphatic rings. The van der Waals surface area contributed by atoms with Crippen molar-refractivity contribution >= 4 is 18.5 Å². The molecule has 0 aromatic rings. The molecule has 0 spiro atoms. The lowest BCUT2D eigenvalue weighted by Gasteiger charge is -2.29. The molecule has 2 heteroatoms. The topological polar surface area (TPSA) is 0 Å². The molecule has 0 amide bonds. The summed E-state index contributed by atoms with van der Waals surface area (Å²) in [5, 5.41) is 0.342. The predicted molar refractivity (Wildman–Crippen MR) is 63.6 cm³/mol. The monoisotopic (exact) mass is 208 g/mol. The van der Waals surface area contributed by atoms with Gasteiger partial charge in [-0.3, -0.25) is 0 Å². The summed E-state index contributed by atoms with van der Waals surface area (Å²) in [7, 11) is -1.39. The summed E-state index contributed by atoms with van der Waals surface area (Å²) in [6, 6.07) is 0.